The van der Waals surface area contributed by atoms with E-state index in [4.69, 9.17) is 0 Å². The van der Waals surface area contributed by atoms with E-state index in [2.05, 4.69) is 9.97 Å². The number of hydrogen-bond donors (Lipinski definition) is 0. The number of thiophene rings is 1. The Hall–Kier alpha value is -1.99. The smallest absolute Gasteiger partial charge is 0.233 e. The summed E-state index contributed by atoms with van der Waals surface area (Å²) in [5.74, 6) is 0.685. The number of hydrogen-bond acceptors (Lipinski definition) is 5. The van der Waals surface area contributed by atoms with Gasteiger partial charge in [0.05, 0.1) is 5.75 Å². The lowest BCUT2D eigenvalue weighted by Crippen LogP contribution is -2.28. The zero-order valence-electron chi connectivity index (χ0n) is 15.3. The van der Waals surface area contributed by atoms with Crippen LogP contribution in [0.2, 0.25) is 0 Å². The Labute approximate surface area is 165 Å². The number of aromatic nitrogens is 2. The van der Waals surface area contributed by atoms with Crippen molar-refractivity contribution in [3.05, 3.63) is 51.9 Å². The third kappa shape index (κ3) is 3.71. The molecule has 27 heavy (non-hydrogen) atoms. The summed E-state index contributed by atoms with van der Waals surface area (Å²) in [6.07, 6.45) is 3.36. The molecule has 0 radical (unpaired) electrons. The summed E-state index contributed by atoms with van der Waals surface area (Å²) in [5, 5.41) is 2.03. The van der Waals surface area contributed by atoms with E-state index in [1.165, 1.54) is 34.7 Å². The SMILES string of the molecule is Cc1nc(SCC(=O)N(C)Cc2ccccc2F)c2c3c(sc2n1)CCC3. The average molecular weight is 402 g/mol. The number of fused-ring (bicyclic) bond motifs is 3. The fraction of sp³-hybridized carbons (Fsp3) is 0.350. The molecule has 4 nitrogen and oxygen atoms in total. The molecule has 0 fully saturated rings. The molecule has 0 unspecified atom stereocenters. The van der Waals surface area contributed by atoms with Crippen LogP contribution in [-0.4, -0.2) is 33.6 Å². The van der Waals surface area contributed by atoms with Gasteiger partial charge in [0.15, 0.2) is 0 Å². The van der Waals surface area contributed by atoms with Crippen molar-refractivity contribution in [3.8, 4) is 0 Å². The molecule has 0 atom stereocenters. The van der Waals surface area contributed by atoms with Gasteiger partial charge in [0, 0.05) is 29.4 Å². The Morgan fingerprint density at radius 3 is 2.93 bits per heavy atom. The number of carbonyl (C=O) groups is 1. The standard InChI is InChI=1S/C20H20FN3OS2/c1-12-22-19(18-14-7-5-9-16(14)27-20(18)23-12)26-11-17(25)24(2)10-13-6-3-4-8-15(13)21/h3-4,6,8H,5,7,9-11H2,1-2H3. The fourth-order valence-electron chi connectivity index (χ4n) is 3.38. The molecule has 2 aromatic heterocycles. The highest BCUT2D eigenvalue weighted by molar-refractivity contribution is 8.00. The number of aryl methyl sites for hydroxylation is 3. The van der Waals surface area contributed by atoms with Gasteiger partial charge in [-0.1, -0.05) is 30.0 Å². The third-order valence-electron chi connectivity index (χ3n) is 4.77. The summed E-state index contributed by atoms with van der Waals surface area (Å²) >= 11 is 3.21. The van der Waals surface area contributed by atoms with Crippen molar-refractivity contribution in [1.82, 2.24) is 14.9 Å². The molecule has 0 spiro atoms. The van der Waals surface area contributed by atoms with Crippen LogP contribution in [0, 0.1) is 12.7 Å². The van der Waals surface area contributed by atoms with Gasteiger partial charge in [-0.05, 0) is 37.8 Å². The fourth-order valence-corrected chi connectivity index (χ4v) is 5.79. The first-order chi connectivity index (χ1) is 13.0. The number of carbonyl (C=O) groups excluding carboxylic acids is 1. The Balaban J connectivity index is 1.50. The number of nitrogens with zero attached hydrogens (tertiary/aromatic N) is 3. The molecule has 140 valence electrons. The summed E-state index contributed by atoms with van der Waals surface area (Å²) in [4.78, 5) is 25.8. The molecule has 4 rings (SSSR count). The van der Waals surface area contributed by atoms with Crippen molar-refractivity contribution in [2.24, 2.45) is 0 Å². The zero-order valence-corrected chi connectivity index (χ0v) is 16.9. The van der Waals surface area contributed by atoms with Crippen LogP contribution in [0.4, 0.5) is 4.39 Å². The van der Waals surface area contributed by atoms with E-state index in [9.17, 15) is 9.18 Å². The summed E-state index contributed by atoms with van der Waals surface area (Å²) in [6, 6.07) is 6.56. The molecule has 7 heteroatoms. The first-order valence-electron chi connectivity index (χ1n) is 8.92. The highest BCUT2D eigenvalue weighted by Gasteiger charge is 2.23. The first kappa shape index (κ1) is 18.4. The van der Waals surface area contributed by atoms with Crippen LogP contribution in [0.25, 0.3) is 10.2 Å². The molecular formula is C20H20FN3OS2. The van der Waals surface area contributed by atoms with Crippen molar-refractivity contribution in [1.29, 1.82) is 0 Å². The van der Waals surface area contributed by atoms with Gasteiger partial charge in [0.2, 0.25) is 5.91 Å². The monoisotopic (exact) mass is 401 g/mol. The van der Waals surface area contributed by atoms with E-state index in [-0.39, 0.29) is 24.0 Å². The second-order valence-corrected chi connectivity index (χ2v) is 8.79. The molecule has 3 aromatic rings. The van der Waals surface area contributed by atoms with Gasteiger partial charge < -0.3 is 4.90 Å². The topological polar surface area (TPSA) is 46.1 Å². The Kier molecular flexibility index (Phi) is 5.14. The summed E-state index contributed by atoms with van der Waals surface area (Å²) in [6.45, 7) is 2.15. The normalized spacial score (nSPS) is 13.1. The second-order valence-electron chi connectivity index (χ2n) is 6.74. The van der Waals surface area contributed by atoms with Crippen LogP contribution < -0.4 is 0 Å². The van der Waals surface area contributed by atoms with Crippen LogP contribution >= 0.6 is 23.1 Å². The van der Waals surface area contributed by atoms with E-state index in [1.807, 2.05) is 6.92 Å². The maximum absolute atomic E-state index is 13.8. The minimum Gasteiger partial charge on any atom is -0.341 e. The van der Waals surface area contributed by atoms with Gasteiger partial charge in [0.1, 0.15) is 21.5 Å². The van der Waals surface area contributed by atoms with Gasteiger partial charge in [-0.3, -0.25) is 4.79 Å². The Morgan fingerprint density at radius 2 is 2.11 bits per heavy atom. The van der Waals surface area contributed by atoms with Crippen molar-refractivity contribution < 1.29 is 9.18 Å². The molecule has 0 aliphatic heterocycles. The van der Waals surface area contributed by atoms with E-state index in [0.717, 1.165) is 33.9 Å². The summed E-state index contributed by atoms with van der Waals surface area (Å²) in [5.41, 5.74) is 1.89. The van der Waals surface area contributed by atoms with E-state index in [1.54, 1.807) is 41.5 Å². The molecule has 0 saturated carbocycles. The molecule has 1 amide bonds. The molecular weight excluding hydrogens is 381 g/mol. The number of benzene rings is 1. The predicted octanol–water partition coefficient (Wildman–Crippen LogP) is 4.38. The van der Waals surface area contributed by atoms with E-state index in [0.29, 0.717) is 5.56 Å². The zero-order chi connectivity index (χ0) is 19.0. The van der Waals surface area contributed by atoms with Crippen molar-refractivity contribution in [3.63, 3.8) is 0 Å². The maximum Gasteiger partial charge on any atom is 0.233 e. The third-order valence-corrected chi connectivity index (χ3v) is 6.91. The van der Waals surface area contributed by atoms with Gasteiger partial charge in [-0.15, -0.1) is 11.3 Å². The maximum atomic E-state index is 13.8. The number of amides is 1. The van der Waals surface area contributed by atoms with Crippen molar-refractivity contribution in [2.45, 2.75) is 37.8 Å². The van der Waals surface area contributed by atoms with Gasteiger partial charge >= 0.3 is 0 Å². The van der Waals surface area contributed by atoms with Crippen molar-refractivity contribution >= 4 is 39.2 Å². The van der Waals surface area contributed by atoms with E-state index >= 15 is 0 Å². The van der Waals surface area contributed by atoms with Crippen LogP contribution in [0.15, 0.2) is 29.3 Å². The molecule has 1 aromatic carbocycles. The molecule has 1 aliphatic carbocycles. The number of halogens is 1. The molecule has 0 saturated heterocycles. The lowest BCUT2D eigenvalue weighted by atomic mass is 10.2. The lowest BCUT2D eigenvalue weighted by molar-refractivity contribution is -0.127. The lowest BCUT2D eigenvalue weighted by Gasteiger charge is -2.17. The van der Waals surface area contributed by atoms with Gasteiger partial charge in [-0.25, -0.2) is 14.4 Å². The molecule has 0 N–H and O–H groups in total. The summed E-state index contributed by atoms with van der Waals surface area (Å²) < 4.78 is 13.8. The van der Waals surface area contributed by atoms with Crippen LogP contribution in [0.1, 0.15) is 28.2 Å². The first-order valence-corrected chi connectivity index (χ1v) is 10.7. The molecule has 1 aliphatic rings. The van der Waals surface area contributed by atoms with Gasteiger partial charge in [0.25, 0.3) is 0 Å². The highest BCUT2D eigenvalue weighted by Crippen LogP contribution is 2.40. The van der Waals surface area contributed by atoms with E-state index < -0.39 is 0 Å². The Bertz CT molecular complexity index is 1020. The number of thioether (sulfide) groups is 1. The molecule has 0 bridgehead atoms. The minimum atomic E-state index is -0.285. The summed E-state index contributed by atoms with van der Waals surface area (Å²) in [7, 11) is 1.71. The Morgan fingerprint density at radius 1 is 1.30 bits per heavy atom. The number of rotatable bonds is 5. The molecule has 2 heterocycles. The minimum absolute atomic E-state index is 0.0421. The van der Waals surface area contributed by atoms with Gasteiger partial charge in [-0.2, -0.15) is 0 Å². The largest absolute Gasteiger partial charge is 0.341 e. The van der Waals surface area contributed by atoms with Crippen LogP contribution in [0.5, 0.6) is 0 Å². The van der Waals surface area contributed by atoms with Crippen LogP contribution in [0.3, 0.4) is 0 Å². The quantitative estimate of drug-likeness (QED) is 0.470. The second kappa shape index (κ2) is 7.56. The highest BCUT2D eigenvalue weighted by atomic mass is 32.2. The van der Waals surface area contributed by atoms with Crippen LogP contribution in [-0.2, 0) is 24.2 Å². The predicted molar refractivity (Wildman–Crippen MR) is 108 cm³/mol. The average Bonchev–Trinajstić information content (AvgIpc) is 3.21. The van der Waals surface area contributed by atoms with Crippen molar-refractivity contribution in [2.75, 3.05) is 12.8 Å².